The number of hydrogen-bond acceptors (Lipinski definition) is 1. The van der Waals surface area contributed by atoms with Gasteiger partial charge in [0.1, 0.15) is 11.2 Å². The van der Waals surface area contributed by atoms with E-state index >= 15 is 0 Å². The third-order valence-corrected chi connectivity index (χ3v) is 9.57. The molecule has 0 unspecified atom stereocenters. The highest BCUT2D eigenvalue weighted by Crippen LogP contribution is 2.49. The van der Waals surface area contributed by atoms with Crippen LogP contribution in [0.25, 0.3) is 98.4 Å². The minimum absolute atomic E-state index is 0.166. The summed E-state index contributed by atoms with van der Waals surface area (Å²) in [6.07, 6.45) is 0. The molecule has 0 spiro atoms. The van der Waals surface area contributed by atoms with Gasteiger partial charge in [0.15, 0.2) is 0 Å². The van der Waals surface area contributed by atoms with Crippen LogP contribution in [0.3, 0.4) is 0 Å². The van der Waals surface area contributed by atoms with Gasteiger partial charge in [0.2, 0.25) is 0 Å². The van der Waals surface area contributed by atoms with Gasteiger partial charge in [0.05, 0.1) is 11.0 Å². The molecule has 1 aromatic heterocycles. The molecule has 9 aromatic carbocycles. The molecule has 224 valence electrons. The smallest absolute Gasteiger partial charge is 0.143 e. The van der Waals surface area contributed by atoms with E-state index in [1.807, 2.05) is 91.9 Å². The number of benzene rings is 9. The molecule has 0 aliphatic carbocycles. The summed E-state index contributed by atoms with van der Waals surface area (Å²) in [5, 5.41) is 6.42. The Morgan fingerprint density at radius 3 is 1.73 bits per heavy atom. The fourth-order valence-electron chi connectivity index (χ4n) is 7.43. The molecule has 0 aliphatic heterocycles. The number of fused-ring (bicyclic) bond motifs is 8. The fraction of sp³-hybridized carbons (Fsp3) is 0.0213. The molecular weight excluding hydrogens is 581 g/mol. The quantitative estimate of drug-likeness (QED) is 0.142. The third kappa shape index (κ3) is 3.91. The van der Waals surface area contributed by atoms with Gasteiger partial charge in [0, 0.05) is 16.3 Å². The van der Waals surface area contributed by atoms with Gasteiger partial charge in [0.25, 0.3) is 0 Å². The molecule has 48 heavy (non-hydrogen) atoms. The minimum Gasteiger partial charge on any atom is -0.455 e. The van der Waals surface area contributed by atoms with E-state index in [4.69, 9.17) is 9.90 Å². The van der Waals surface area contributed by atoms with Gasteiger partial charge < -0.3 is 4.42 Å². The summed E-state index contributed by atoms with van der Waals surface area (Å²) in [4.78, 5) is 0. The van der Waals surface area contributed by atoms with Crippen molar-refractivity contribution in [2.45, 2.75) is 6.92 Å². The average molecular weight is 619 g/mol. The summed E-state index contributed by atoms with van der Waals surface area (Å²) in [6, 6.07) is 34.7. The highest BCUT2D eigenvalue weighted by molar-refractivity contribution is 6.27. The Balaban J connectivity index is 1.46. The summed E-state index contributed by atoms with van der Waals surface area (Å²) in [6.45, 7) is 1.94. The topological polar surface area (TPSA) is 13.1 Å². The fourth-order valence-corrected chi connectivity index (χ4v) is 7.43. The van der Waals surface area contributed by atoms with Gasteiger partial charge in [-0.3, -0.25) is 0 Å². The molecule has 0 N–H and O–H groups in total. The van der Waals surface area contributed by atoms with Gasteiger partial charge in [-0.15, -0.1) is 0 Å². The highest BCUT2D eigenvalue weighted by Gasteiger charge is 2.23. The van der Waals surface area contributed by atoms with Crippen molar-refractivity contribution in [2.24, 2.45) is 0 Å². The molecule has 0 fully saturated rings. The van der Waals surface area contributed by atoms with Crippen LogP contribution in [-0.2, 0) is 0 Å². The van der Waals surface area contributed by atoms with Crippen LogP contribution in [0, 0.1) is 6.92 Å². The van der Waals surface area contributed by atoms with E-state index in [1.165, 1.54) is 0 Å². The SMILES string of the molecule is [2H]c1c([2H])c([2H])c2c(-c3ccc(-c4cc5ccccc5c5ccccc45)c4oc5ccccc5c34)c3c([2H])c([2H])c([2H])c([2H])c3c(-c3ccc(C)cc3)c2c1[2H]. The van der Waals surface area contributed by atoms with Crippen molar-refractivity contribution in [3.05, 3.63) is 169 Å². The van der Waals surface area contributed by atoms with Crippen molar-refractivity contribution in [1.82, 2.24) is 0 Å². The highest BCUT2D eigenvalue weighted by atomic mass is 16.3. The molecular formula is C47H30O. The molecule has 1 heteroatoms. The zero-order valence-corrected chi connectivity index (χ0v) is 25.9. The lowest BCUT2D eigenvalue weighted by Crippen LogP contribution is -1.92. The maximum atomic E-state index is 9.48. The first kappa shape index (κ1) is 20.1. The van der Waals surface area contributed by atoms with Gasteiger partial charge in [-0.25, -0.2) is 0 Å². The van der Waals surface area contributed by atoms with E-state index in [9.17, 15) is 5.48 Å². The van der Waals surface area contributed by atoms with Gasteiger partial charge in [-0.1, -0.05) is 151 Å². The Kier molecular flexibility index (Phi) is 4.37. The van der Waals surface area contributed by atoms with E-state index in [1.54, 1.807) is 0 Å². The van der Waals surface area contributed by atoms with Crippen LogP contribution in [0.1, 0.15) is 16.5 Å². The molecule has 0 aliphatic rings. The van der Waals surface area contributed by atoms with Crippen molar-refractivity contribution in [2.75, 3.05) is 0 Å². The van der Waals surface area contributed by atoms with Crippen LogP contribution in [-0.4, -0.2) is 0 Å². The van der Waals surface area contributed by atoms with Crippen LogP contribution in [0.4, 0.5) is 0 Å². The molecule has 10 aromatic rings. The van der Waals surface area contributed by atoms with Crippen molar-refractivity contribution >= 4 is 65.0 Å². The first-order valence-corrected chi connectivity index (χ1v) is 15.9. The van der Waals surface area contributed by atoms with Crippen LogP contribution in [0.2, 0.25) is 0 Å². The lowest BCUT2D eigenvalue weighted by atomic mass is 9.84. The van der Waals surface area contributed by atoms with E-state index < -0.39 is 24.2 Å². The number of hydrogen-bond donors (Lipinski definition) is 0. The summed E-state index contributed by atoms with van der Waals surface area (Å²) in [5.74, 6) is 0. The first-order valence-electron chi connectivity index (χ1n) is 19.9. The zero-order valence-electron chi connectivity index (χ0n) is 33.9. The lowest BCUT2D eigenvalue weighted by molar-refractivity contribution is 0.670. The Labute approximate surface area is 289 Å². The monoisotopic (exact) mass is 618 g/mol. The van der Waals surface area contributed by atoms with Crippen molar-refractivity contribution in [1.29, 1.82) is 0 Å². The summed E-state index contributed by atoms with van der Waals surface area (Å²) < 4.78 is 79.9. The molecule has 0 saturated heterocycles. The number of aryl methyl sites for hydroxylation is 1. The number of rotatable bonds is 3. The van der Waals surface area contributed by atoms with Crippen molar-refractivity contribution in [3.8, 4) is 33.4 Å². The van der Waals surface area contributed by atoms with Crippen molar-refractivity contribution < 1.29 is 15.4 Å². The molecule has 0 amide bonds. The Morgan fingerprint density at radius 1 is 0.458 bits per heavy atom. The Hall–Kier alpha value is -6.18. The largest absolute Gasteiger partial charge is 0.455 e. The minimum atomic E-state index is -0.439. The second-order valence-corrected chi connectivity index (χ2v) is 12.3. The summed E-state index contributed by atoms with van der Waals surface area (Å²) in [5.41, 5.74) is 5.60. The van der Waals surface area contributed by atoms with Crippen LogP contribution < -0.4 is 0 Å². The number of para-hydroxylation sites is 1. The van der Waals surface area contributed by atoms with Crippen LogP contribution in [0.5, 0.6) is 0 Å². The number of furan rings is 1. The van der Waals surface area contributed by atoms with Crippen molar-refractivity contribution in [3.63, 3.8) is 0 Å². The predicted molar refractivity (Wildman–Crippen MR) is 205 cm³/mol. The zero-order chi connectivity index (χ0) is 38.7. The summed E-state index contributed by atoms with van der Waals surface area (Å²) in [7, 11) is 0. The van der Waals surface area contributed by atoms with E-state index in [0.717, 1.165) is 43.6 Å². The lowest BCUT2D eigenvalue weighted by Gasteiger charge is -2.19. The van der Waals surface area contributed by atoms with Crippen LogP contribution >= 0.6 is 0 Å². The molecule has 0 radical (unpaired) electrons. The van der Waals surface area contributed by atoms with Gasteiger partial charge in [-0.2, -0.15) is 0 Å². The van der Waals surface area contributed by atoms with Gasteiger partial charge >= 0.3 is 0 Å². The summed E-state index contributed by atoms with van der Waals surface area (Å²) >= 11 is 0. The third-order valence-electron chi connectivity index (χ3n) is 9.57. The second kappa shape index (κ2) is 10.4. The molecule has 10 rings (SSSR count). The van der Waals surface area contributed by atoms with Gasteiger partial charge in [-0.05, 0) is 96.0 Å². The molecule has 1 heterocycles. The standard InChI is InChI=1S/C47H30O/c1-29-22-24-30(25-23-29)44-35-16-6-8-18-37(35)45(38-19-9-7-17-36(38)44)41-27-26-39(47-46(41)40-20-10-11-21-43(40)48-47)42-28-31-12-2-3-13-32(31)33-14-4-5-15-34(33)42/h2-28H,1H3/i6D,7D,8D,9D,16D,17D,18D,19D. The van der Waals surface area contributed by atoms with E-state index in [0.29, 0.717) is 33.2 Å². The average Bonchev–Trinajstić information content (AvgIpc) is 3.62. The maximum absolute atomic E-state index is 9.48. The molecule has 0 atom stereocenters. The van der Waals surface area contributed by atoms with E-state index in [2.05, 4.69) is 30.3 Å². The Morgan fingerprint density at radius 2 is 1.02 bits per heavy atom. The second-order valence-electron chi connectivity index (χ2n) is 12.3. The van der Waals surface area contributed by atoms with Crippen LogP contribution in [0.15, 0.2) is 168 Å². The molecule has 1 nitrogen and oxygen atoms in total. The maximum Gasteiger partial charge on any atom is 0.143 e. The predicted octanol–water partition coefficient (Wildman–Crippen LogP) is 13.5. The Bertz CT molecular complexity index is 3270. The first-order chi connectivity index (χ1) is 27.1. The normalized spacial score (nSPS) is 14.2. The molecule has 0 bridgehead atoms. The molecule has 0 saturated carbocycles. The van der Waals surface area contributed by atoms with E-state index in [-0.39, 0.29) is 51.3 Å².